The highest BCUT2D eigenvalue weighted by Gasteiger charge is 2.23. The van der Waals surface area contributed by atoms with Gasteiger partial charge in [0, 0.05) is 42.8 Å². The summed E-state index contributed by atoms with van der Waals surface area (Å²) in [6.45, 7) is 3.56. The van der Waals surface area contributed by atoms with Crippen molar-refractivity contribution in [1.82, 2.24) is 10.2 Å². The van der Waals surface area contributed by atoms with E-state index in [-0.39, 0.29) is 10.6 Å². The lowest BCUT2D eigenvalue weighted by Gasteiger charge is -2.36. The maximum atomic E-state index is 10.9. The smallest absolute Gasteiger partial charge is 0.269 e. The summed E-state index contributed by atoms with van der Waals surface area (Å²) in [5.41, 5.74) is 2.41. The zero-order chi connectivity index (χ0) is 18.4. The summed E-state index contributed by atoms with van der Waals surface area (Å²) >= 11 is 6.01. The molecule has 1 atom stereocenters. The Morgan fingerprint density at radius 3 is 2.77 bits per heavy atom. The lowest BCUT2D eigenvalue weighted by molar-refractivity contribution is -0.384. The summed E-state index contributed by atoms with van der Waals surface area (Å²) < 4.78 is 0. The molecule has 0 spiro atoms. The zero-order valence-electron chi connectivity index (χ0n) is 14.7. The van der Waals surface area contributed by atoms with Crippen molar-refractivity contribution in [2.24, 2.45) is 0 Å². The summed E-state index contributed by atoms with van der Waals surface area (Å²) in [6, 6.07) is 15.4. The van der Waals surface area contributed by atoms with E-state index in [1.54, 1.807) is 12.1 Å². The molecule has 1 saturated heterocycles. The Bertz CT molecular complexity index is 736. The molecule has 5 nitrogen and oxygen atoms in total. The average Bonchev–Trinajstić information content (AvgIpc) is 2.66. The van der Waals surface area contributed by atoms with Gasteiger partial charge in [-0.15, -0.1) is 0 Å². The van der Waals surface area contributed by atoms with Crippen molar-refractivity contribution in [3.63, 3.8) is 0 Å². The molecule has 26 heavy (non-hydrogen) atoms. The maximum Gasteiger partial charge on any atom is 0.269 e. The zero-order valence-corrected chi connectivity index (χ0v) is 15.5. The second-order valence-electron chi connectivity index (χ2n) is 6.70. The molecule has 0 radical (unpaired) electrons. The summed E-state index contributed by atoms with van der Waals surface area (Å²) in [5.74, 6) is 0. The highest BCUT2D eigenvalue weighted by atomic mass is 35.5. The van der Waals surface area contributed by atoms with Gasteiger partial charge in [0.1, 0.15) is 0 Å². The lowest BCUT2D eigenvalue weighted by Crippen LogP contribution is -2.38. The summed E-state index contributed by atoms with van der Waals surface area (Å²) in [5, 5.41) is 15.0. The van der Waals surface area contributed by atoms with Gasteiger partial charge in [-0.1, -0.05) is 42.3 Å². The normalized spacial score (nSPS) is 18.0. The third-order valence-electron chi connectivity index (χ3n) is 4.89. The average molecular weight is 374 g/mol. The third kappa shape index (κ3) is 5.04. The number of halogens is 1. The highest BCUT2D eigenvalue weighted by Crippen LogP contribution is 2.31. The van der Waals surface area contributed by atoms with Crippen LogP contribution in [-0.2, 0) is 6.54 Å². The molecule has 1 fully saturated rings. The van der Waals surface area contributed by atoms with Crippen LogP contribution in [0.5, 0.6) is 0 Å². The first-order valence-corrected chi connectivity index (χ1v) is 9.45. The van der Waals surface area contributed by atoms with E-state index in [1.165, 1.54) is 30.9 Å². The minimum atomic E-state index is -0.353. The SMILES string of the molecule is O=[N+]([O-])c1cccc(CNCCN2CCCCC2c2ccc(Cl)cc2)c1. The fourth-order valence-electron chi connectivity index (χ4n) is 3.56. The van der Waals surface area contributed by atoms with Crippen molar-refractivity contribution in [2.75, 3.05) is 19.6 Å². The third-order valence-corrected chi connectivity index (χ3v) is 5.15. The molecule has 1 aliphatic heterocycles. The molecule has 0 aromatic heterocycles. The van der Waals surface area contributed by atoms with Crippen LogP contribution in [0.2, 0.25) is 5.02 Å². The quantitative estimate of drug-likeness (QED) is 0.439. The number of benzene rings is 2. The van der Waals surface area contributed by atoms with E-state index in [1.807, 2.05) is 18.2 Å². The van der Waals surface area contributed by atoms with Gasteiger partial charge in [-0.3, -0.25) is 15.0 Å². The molecule has 0 saturated carbocycles. The second kappa shape index (κ2) is 9.12. The van der Waals surface area contributed by atoms with E-state index >= 15 is 0 Å². The number of piperidine rings is 1. The number of rotatable bonds is 7. The standard InChI is InChI=1S/C20H24ClN3O2/c21-18-9-7-17(8-10-18)20-6-1-2-12-23(20)13-11-22-15-16-4-3-5-19(14-16)24(25)26/h3-5,7-10,14,20,22H,1-2,6,11-13,15H2. The van der Waals surface area contributed by atoms with Gasteiger partial charge in [-0.25, -0.2) is 0 Å². The number of hydrogen-bond donors (Lipinski definition) is 1. The Kier molecular flexibility index (Phi) is 6.61. The van der Waals surface area contributed by atoms with E-state index < -0.39 is 0 Å². The molecule has 1 unspecified atom stereocenters. The topological polar surface area (TPSA) is 58.4 Å². The highest BCUT2D eigenvalue weighted by molar-refractivity contribution is 6.30. The molecule has 3 rings (SSSR count). The molecule has 2 aromatic rings. The van der Waals surface area contributed by atoms with Crippen molar-refractivity contribution in [2.45, 2.75) is 31.8 Å². The summed E-state index contributed by atoms with van der Waals surface area (Å²) in [7, 11) is 0. The molecule has 1 N–H and O–H groups in total. The van der Waals surface area contributed by atoms with Gasteiger partial charge in [0.05, 0.1) is 4.92 Å². The minimum absolute atomic E-state index is 0.142. The molecular weight excluding hydrogens is 350 g/mol. The van der Waals surface area contributed by atoms with Gasteiger partial charge in [0.2, 0.25) is 0 Å². The Morgan fingerprint density at radius 2 is 2.00 bits per heavy atom. The Labute approximate surface area is 159 Å². The van der Waals surface area contributed by atoms with E-state index in [9.17, 15) is 10.1 Å². The predicted molar refractivity (Wildman–Crippen MR) is 104 cm³/mol. The first-order valence-electron chi connectivity index (χ1n) is 9.07. The van der Waals surface area contributed by atoms with Crippen LogP contribution >= 0.6 is 11.6 Å². The molecule has 1 aliphatic rings. The number of nitrogens with one attached hydrogen (secondary N) is 1. The molecule has 0 bridgehead atoms. The number of nitrogens with zero attached hydrogens (tertiary/aromatic N) is 2. The van der Waals surface area contributed by atoms with Gasteiger partial charge in [0.25, 0.3) is 5.69 Å². The summed E-state index contributed by atoms with van der Waals surface area (Å²) in [4.78, 5) is 13.0. The maximum absolute atomic E-state index is 10.9. The van der Waals surface area contributed by atoms with Crippen LogP contribution < -0.4 is 5.32 Å². The van der Waals surface area contributed by atoms with Gasteiger partial charge >= 0.3 is 0 Å². The van der Waals surface area contributed by atoms with E-state index in [0.717, 1.165) is 30.2 Å². The first kappa shape index (κ1) is 18.8. The lowest BCUT2D eigenvalue weighted by atomic mass is 9.95. The van der Waals surface area contributed by atoms with Crippen LogP contribution in [-0.4, -0.2) is 29.5 Å². The van der Waals surface area contributed by atoms with Crippen molar-refractivity contribution in [3.8, 4) is 0 Å². The molecule has 138 valence electrons. The van der Waals surface area contributed by atoms with Crippen molar-refractivity contribution < 1.29 is 4.92 Å². The van der Waals surface area contributed by atoms with Crippen LogP contribution in [0, 0.1) is 10.1 Å². The fraction of sp³-hybridized carbons (Fsp3) is 0.400. The fourth-order valence-corrected chi connectivity index (χ4v) is 3.68. The Morgan fingerprint density at radius 1 is 1.19 bits per heavy atom. The molecular formula is C20H24ClN3O2. The molecule has 1 heterocycles. The van der Waals surface area contributed by atoms with E-state index in [0.29, 0.717) is 12.6 Å². The predicted octanol–water partition coefficient (Wildman–Crippen LogP) is 4.57. The van der Waals surface area contributed by atoms with Crippen molar-refractivity contribution >= 4 is 17.3 Å². The van der Waals surface area contributed by atoms with Gasteiger partial charge in [0.15, 0.2) is 0 Å². The molecule has 2 aromatic carbocycles. The van der Waals surface area contributed by atoms with Gasteiger partial charge in [-0.2, -0.15) is 0 Å². The van der Waals surface area contributed by atoms with E-state index in [4.69, 9.17) is 11.6 Å². The number of likely N-dealkylation sites (tertiary alicyclic amines) is 1. The Balaban J connectivity index is 1.52. The molecule has 0 amide bonds. The van der Waals surface area contributed by atoms with Crippen LogP contribution in [0.25, 0.3) is 0 Å². The Hall–Kier alpha value is -1.95. The van der Waals surface area contributed by atoms with Crippen LogP contribution in [0.15, 0.2) is 48.5 Å². The largest absolute Gasteiger partial charge is 0.311 e. The van der Waals surface area contributed by atoms with Crippen molar-refractivity contribution in [1.29, 1.82) is 0 Å². The van der Waals surface area contributed by atoms with Gasteiger partial charge in [-0.05, 0) is 42.6 Å². The minimum Gasteiger partial charge on any atom is -0.311 e. The van der Waals surface area contributed by atoms with Gasteiger partial charge < -0.3 is 5.32 Å². The van der Waals surface area contributed by atoms with E-state index in [2.05, 4.69) is 22.3 Å². The monoisotopic (exact) mass is 373 g/mol. The van der Waals surface area contributed by atoms with Crippen LogP contribution in [0.1, 0.15) is 36.4 Å². The molecule has 6 heteroatoms. The first-order chi connectivity index (χ1) is 12.6. The number of hydrogen-bond acceptors (Lipinski definition) is 4. The number of nitro benzene ring substituents is 1. The van der Waals surface area contributed by atoms with Crippen LogP contribution in [0.3, 0.4) is 0 Å². The van der Waals surface area contributed by atoms with Crippen molar-refractivity contribution in [3.05, 3.63) is 74.8 Å². The summed E-state index contributed by atoms with van der Waals surface area (Å²) in [6.07, 6.45) is 3.66. The number of non-ortho nitro benzene ring substituents is 1. The number of nitro groups is 1. The molecule has 0 aliphatic carbocycles. The second-order valence-corrected chi connectivity index (χ2v) is 7.14. The van der Waals surface area contributed by atoms with Crippen LogP contribution in [0.4, 0.5) is 5.69 Å².